The molecule has 0 bridgehead atoms. The Morgan fingerprint density at radius 2 is 1.56 bits per heavy atom. The van der Waals surface area contributed by atoms with Crippen LogP contribution < -0.4 is 5.32 Å². The van der Waals surface area contributed by atoms with Crippen molar-refractivity contribution in [3.63, 3.8) is 0 Å². The second-order valence-corrected chi connectivity index (χ2v) is 3.32. The zero-order valence-corrected chi connectivity index (χ0v) is 10.2. The number of ether oxygens (including phenoxy) is 2. The Morgan fingerprint density at radius 1 is 1.12 bits per heavy atom. The van der Waals surface area contributed by atoms with Gasteiger partial charge in [-0.25, -0.2) is 9.59 Å². The molecule has 0 saturated heterocycles. The fourth-order valence-corrected chi connectivity index (χ4v) is 0.869. The van der Waals surface area contributed by atoms with Gasteiger partial charge in [0.25, 0.3) is 0 Å². The second kappa shape index (κ2) is 7.73. The lowest BCUT2D eigenvalue weighted by Crippen LogP contribution is -2.24. The molecule has 5 nitrogen and oxygen atoms in total. The molecule has 0 rings (SSSR count). The van der Waals surface area contributed by atoms with Gasteiger partial charge in [0.1, 0.15) is 0 Å². The van der Waals surface area contributed by atoms with Gasteiger partial charge in [-0.1, -0.05) is 0 Å². The molecule has 92 valence electrons. The van der Waals surface area contributed by atoms with Crippen molar-refractivity contribution >= 4 is 11.9 Å². The van der Waals surface area contributed by atoms with Gasteiger partial charge in [-0.15, -0.1) is 0 Å². The van der Waals surface area contributed by atoms with Crippen LogP contribution >= 0.6 is 0 Å². The fourth-order valence-electron chi connectivity index (χ4n) is 0.869. The average molecular weight is 229 g/mol. The molecule has 0 radical (unpaired) electrons. The second-order valence-electron chi connectivity index (χ2n) is 3.32. The average Bonchev–Trinajstić information content (AvgIpc) is 2.18. The summed E-state index contributed by atoms with van der Waals surface area (Å²) in [5, 5.41) is 2.86. The summed E-state index contributed by atoms with van der Waals surface area (Å²) in [6, 6.07) is 0.124. The highest BCUT2D eigenvalue weighted by molar-refractivity contribution is 6.13. The minimum atomic E-state index is -0.672. The van der Waals surface area contributed by atoms with E-state index >= 15 is 0 Å². The Balaban J connectivity index is 4.68. The van der Waals surface area contributed by atoms with Crippen molar-refractivity contribution < 1.29 is 19.1 Å². The van der Waals surface area contributed by atoms with Crippen LogP contribution in [0.4, 0.5) is 0 Å². The number of nitrogens with one attached hydrogen (secondary N) is 1. The maximum atomic E-state index is 11.4. The number of carbonyl (C=O) groups excluding carboxylic acids is 2. The largest absolute Gasteiger partial charge is 0.462 e. The van der Waals surface area contributed by atoms with E-state index in [-0.39, 0.29) is 24.8 Å². The Kier molecular flexibility index (Phi) is 7.00. The third-order valence-corrected chi connectivity index (χ3v) is 1.55. The maximum absolute atomic E-state index is 11.4. The van der Waals surface area contributed by atoms with Gasteiger partial charge in [0.05, 0.1) is 13.2 Å². The van der Waals surface area contributed by atoms with Gasteiger partial charge < -0.3 is 14.8 Å². The Bertz CT molecular complexity index is 251. The zero-order valence-electron chi connectivity index (χ0n) is 10.2. The number of hydrogen-bond donors (Lipinski definition) is 1. The lowest BCUT2D eigenvalue weighted by Gasteiger charge is -2.09. The number of carbonyl (C=O) groups is 2. The van der Waals surface area contributed by atoms with Crippen molar-refractivity contribution in [3.05, 3.63) is 11.8 Å². The quantitative estimate of drug-likeness (QED) is 0.318. The van der Waals surface area contributed by atoms with Gasteiger partial charge in [-0.3, -0.25) is 0 Å². The summed E-state index contributed by atoms with van der Waals surface area (Å²) in [4.78, 5) is 22.9. The van der Waals surface area contributed by atoms with Crippen LogP contribution in [0.15, 0.2) is 11.8 Å². The van der Waals surface area contributed by atoms with Gasteiger partial charge in [0, 0.05) is 12.2 Å². The first-order valence-corrected chi connectivity index (χ1v) is 5.33. The minimum absolute atomic E-state index is 0.114. The van der Waals surface area contributed by atoms with Gasteiger partial charge in [0.15, 0.2) is 5.57 Å². The normalized spacial score (nSPS) is 9.56. The highest BCUT2D eigenvalue weighted by Crippen LogP contribution is 2.01. The monoisotopic (exact) mass is 229 g/mol. The molecule has 0 aromatic rings. The van der Waals surface area contributed by atoms with Crippen molar-refractivity contribution in [1.29, 1.82) is 0 Å². The zero-order chi connectivity index (χ0) is 12.6. The van der Waals surface area contributed by atoms with Crippen LogP contribution in [-0.2, 0) is 19.1 Å². The van der Waals surface area contributed by atoms with Gasteiger partial charge in [-0.2, -0.15) is 0 Å². The first-order valence-electron chi connectivity index (χ1n) is 5.33. The van der Waals surface area contributed by atoms with E-state index in [4.69, 9.17) is 9.47 Å². The molecule has 16 heavy (non-hydrogen) atoms. The van der Waals surface area contributed by atoms with Gasteiger partial charge in [0.2, 0.25) is 0 Å². The molecular weight excluding hydrogens is 210 g/mol. The highest BCUT2D eigenvalue weighted by Gasteiger charge is 2.20. The topological polar surface area (TPSA) is 64.6 Å². The van der Waals surface area contributed by atoms with Gasteiger partial charge >= 0.3 is 11.9 Å². The van der Waals surface area contributed by atoms with Crippen LogP contribution in [0.5, 0.6) is 0 Å². The summed E-state index contributed by atoms with van der Waals surface area (Å²) in [6.45, 7) is 7.58. The molecular formula is C11H19NO4. The first kappa shape index (κ1) is 14.5. The van der Waals surface area contributed by atoms with E-state index in [0.717, 1.165) is 0 Å². The van der Waals surface area contributed by atoms with Crippen LogP contribution in [0.1, 0.15) is 27.7 Å². The van der Waals surface area contributed by atoms with Crippen molar-refractivity contribution in [2.45, 2.75) is 33.7 Å². The number of esters is 2. The van der Waals surface area contributed by atoms with E-state index in [0.29, 0.717) is 0 Å². The summed E-state index contributed by atoms with van der Waals surface area (Å²) in [5.41, 5.74) is -0.114. The summed E-state index contributed by atoms with van der Waals surface area (Å²) >= 11 is 0. The molecule has 0 aromatic heterocycles. The smallest absolute Gasteiger partial charge is 0.347 e. The lowest BCUT2D eigenvalue weighted by atomic mass is 10.3. The van der Waals surface area contributed by atoms with Crippen molar-refractivity contribution in [2.75, 3.05) is 13.2 Å². The Hall–Kier alpha value is -1.52. The van der Waals surface area contributed by atoms with E-state index in [9.17, 15) is 9.59 Å². The Labute approximate surface area is 95.8 Å². The lowest BCUT2D eigenvalue weighted by molar-refractivity contribution is -0.146. The molecule has 5 heteroatoms. The number of hydrogen-bond acceptors (Lipinski definition) is 5. The molecule has 0 heterocycles. The highest BCUT2D eigenvalue weighted by atomic mass is 16.6. The summed E-state index contributed by atoms with van der Waals surface area (Å²) in [7, 11) is 0. The molecule has 0 atom stereocenters. The standard InChI is InChI=1S/C11H19NO4/c1-5-15-10(13)9(7-12-8(3)4)11(14)16-6-2/h7-8,12H,5-6H2,1-4H3. The maximum Gasteiger partial charge on any atom is 0.347 e. The molecule has 0 aliphatic carbocycles. The van der Waals surface area contributed by atoms with Crippen molar-refractivity contribution in [2.24, 2.45) is 0 Å². The predicted molar refractivity (Wildman–Crippen MR) is 59.6 cm³/mol. The van der Waals surface area contributed by atoms with E-state index in [1.165, 1.54) is 6.20 Å². The molecule has 0 unspecified atom stereocenters. The van der Waals surface area contributed by atoms with E-state index < -0.39 is 11.9 Å². The molecule has 0 aliphatic rings. The van der Waals surface area contributed by atoms with Gasteiger partial charge in [-0.05, 0) is 27.7 Å². The summed E-state index contributed by atoms with van der Waals surface area (Å²) in [6.07, 6.45) is 1.33. The summed E-state index contributed by atoms with van der Waals surface area (Å²) < 4.78 is 9.51. The molecule has 0 fully saturated rings. The summed E-state index contributed by atoms with van der Waals surface area (Å²) in [5.74, 6) is -1.34. The van der Waals surface area contributed by atoms with E-state index in [2.05, 4.69) is 5.32 Å². The SMILES string of the molecule is CCOC(=O)C(=CNC(C)C)C(=O)OCC. The fraction of sp³-hybridized carbons (Fsp3) is 0.636. The van der Waals surface area contributed by atoms with Crippen LogP contribution in [0, 0.1) is 0 Å². The number of rotatable bonds is 6. The third-order valence-electron chi connectivity index (χ3n) is 1.55. The molecule has 1 N–H and O–H groups in total. The van der Waals surface area contributed by atoms with E-state index in [1.807, 2.05) is 13.8 Å². The van der Waals surface area contributed by atoms with Crippen molar-refractivity contribution in [1.82, 2.24) is 5.32 Å². The third kappa shape index (κ3) is 5.38. The predicted octanol–water partition coefficient (Wildman–Crippen LogP) is 0.994. The molecule has 0 saturated carbocycles. The minimum Gasteiger partial charge on any atom is -0.462 e. The van der Waals surface area contributed by atoms with E-state index in [1.54, 1.807) is 13.8 Å². The van der Waals surface area contributed by atoms with Crippen LogP contribution in [0.25, 0.3) is 0 Å². The Morgan fingerprint density at radius 3 is 1.88 bits per heavy atom. The first-order chi connectivity index (χ1) is 7.52. The molecule has 0 aromatic carbocycles. The van der Waals surface area contributed by atoms with Crippen LogP contribution in [-0.4, -0.2) is 31.2 Å². The molecule has 0 amide bonds. The molecule has 0 aliphatic heterocycles. The van der Waals surface area contributed by atoms with Crippen molar-refractivity contribution in [3.8, 4) is 0 Å². The molecule has 0 spiro atoms. The van der Waals surface area contributed by atoms with Crippen LogP contribution in [0.2, 0.25) is 0 Å². The van der Waals surface area contributed by atoms with Crippen LogP contribution in [0.3, 0.4) is 0 Å².